The molecule has 1 atom stereocenters. The van der Waals surface area contributed by atoms with Crippen molar-refractivity contribution < 1.29 is 19.4 Å². The van der Waals surface area contributed by atoms with Crippen LogP contribution in [0.2, 0.25) is 0 Å². The van der Waals surface area contributed by atoms with Crippen LogP contribution in [-0.2, 0) is 23.1 Å². The number of hydrogen-bond acceptors (Lipinski definition) is 7. The van der Waals surface area contributed by atoms with Crippen molar-refractivity contribution >= 4 is 40.3 Å². The lowest BCUT2D eigenvalue weighted by Gasteiger charge is -2.23. The number of amides is 1. The average molecular weight is 515 g/mol. The molecule has 4 aromatic rings. The molecule has 0 aliphatic rings. The van der Waals surface area contributed by atoms with Gasteiger partial charge in [0.2, 0.25) is 5.90 Å². The van der Waals surface area contributed by atoms with Gasteiger partial charge >= 0.3 is 5.97 Å². The molecule has 0 fully saturated rings. The fourth-order valence-electron chi connectivity index (χ4n) is 3.99. The van der Waals surface area contributed by atoms with Crippen LogP contribution >= 0.6 is 0 Å². The van der Waals surface area contributed by atoms with Crippen molar-refractivity contribution in [1.29, 1.82) is 5.41 Å². The zero-order valence-electron chi connectivity index (χ0n) is 21.5. The predicted molar refractivity (Wildman–Crippen MR) is 146 cm³/mol. The molecule has 0 saturated carbocycles. The van der Waals surface area contributed by atoms with Gasteiger partial charge in [-0.15, -0.1) is 0 Å². The quantitative estimate of drug-likeness (QED) is 0.212. The first-order valence-electron chi connectivity index (χ1n) is 12.2. The van der Waals surface area contributed by atoms with Gasteiger partial charge in [0.15, 0.2) is 0 Å². The van der Waals surface area contributed by atoms with E-state index in [1.54, 1.807) is 43.5 Å². The van der Waals surface area contributed by atoms with Crippen LogP contribution in [0.1, 0.15) is 35.6 Å². The van der Waals surface area contributed by atoms with Crippen molar-refractivity contribution in [2.24, 2.45) is 13.0 Å². The highest BCUT2D eigenvalue weighted by atomic mass is 16.5. The summed E-state index contributed by atoms with van der Waals surface area (Å²) < 4.78 is 7.19. The SMILES string of the molecule is CCOC(=N)c1ccc(NCc2nc3cc(C(=O)N(CC(C)C(=O)O)c4ccccn4)ccc3n2C)cc1. The third-order valence-electron chi connectivity index (χ3n) is 6.16. The largest absolute Gasteiger partial charge is 0.481 e. The van der Waals surface area contributed by atoms with Crippen LogP contribution in [0, 0.1) is 11.3 Å². The van der Waals surface area contributed by atoms with Crippen LogP contribution in [0.15, 0.2) is 66.9 Å². The summed E-state index contributed by atoms with van der Waals surface area (Å²) in [5.74, 6) is -0.800. The van der Waals surface area contributed by atoms with E-state index in [9.17, 15) is 14.7 Å². The van der Waals surface area contributed by atoms with Gasteiger partial charge in [0, 0.05) is 36.6 Å². The van der Waals surface area contributed by atoms with Crippen LogP contribution in [0.25, 0.3) is 11.0 Å². The van der Waals surface area contributed by atoms with Gasteiger partial charge in [-0.3, -0.25) is 19.9 Å². The second-order valence-corrected chi connectivity index (χ2v) is 8.83. The lowest BCUT2D eigenvalue weighted by Crippen LogP contribution is -2.37. The number of carbonyl (C=O) groups excluding carboxylic acids is 1. The third kappa shape index (κ3) is 5.80. The summed E-state index contributed by atoms with van der Waals surface area (Å²) >= 11 is 0. The molecule has 196 valence electrons. The molecule has 0 radical (unpaired) electrons. The number of carboxylic acid groups (broad SMARTS) is 1. The van der Waals surface area contributed by atoms with Crippen molar-refractivity contribution in [1.82, 2.24) is 14.5 Å². The number of aromatic nitrogens is 3. The Morgan fingerprint density at radius 2 is 1.87 bits per heavy atom. The molecular weight excluding hydrogens is 484 g/mol. The maximum atomic E-state index is 13.5. The maximum Gasteiger partial charge on any atom is 0.308 e. The number of anilines is 2. The highest BCUT2D eigenvalue weighted by molar-refractivity contribution is 6.07. The van der Waals surface area contributed by atoms with E-state index in [1.807, 2.05) is 48.9 Å². The molecule has 0 bridgehead atoms. The lowest BCUT2D eigenvalue weighted by molar-refractivity contribution is -0.140. The minimum absolute atomic E-state index is 0.0105. The summed E-state index contributed by atoms with van der Waals surface area (Å²) in [5, 5.41) is 20.6. The number of carboxylic acids is 1. The summed E-state index contributed by atoms with van der Waals surface area (Å²) in [5.41, 5.74) is 3.49. The van der Waals surface area contributed by atoms with Crippen molar-refractivity contribution in [2.75, 3.05) is 23.4 Å². The number of fused-ring (bicyclic) bond motifs is 1. The molecule has 2 heterocycles. The van der Waals surface area contributed by atoms with Gasteiger partial charge in [0.1, 0.15) is 11.6 Å². The molecular formula is C28H30N6O4. The van der Waals surface area contributed by atoms with E-state index in [2.05, 4.69) is 10.3 Å². The van der Waals surface area contributed by atoms with Crippen molar-refractivity contribution in [2.45, 2.75) is 20.4 Å². The molecule has 0 spiro atoms. The highest BCUT2D eigenvalue weighted by Gasteiger charge is 2.24. The van der Waals surface area contributed by atoms with Gasteiger partial charge in [-0.2, -0.15) is 0 Å². The number of nitrogens with zero attached hydrogens (tertiary/aromatic N) is 4. The Morgan fingerprint density at radius 3 is 2.53 bits per heavy atom. The lowest BCUT2D eigenvalue weighted by atomic mass is 10.1. The normalized spacial score (nSPS) is 11.7. The zero-order chi connectivity index (χ0) is 27.2. The summed E-state index contributed by atoms with van der Waals surface area (Å²) in [6, 6.07) is 17.9. The summed E-state index contributed by atoms with van der Waals surface area (Å²) in [6.07, 6.45) is 1.57. The number of rotatable bonds is 10. The Bertz CT molecular complexity index is 1450. The highest BCUT2D eigenvalue weighted by Crippen LogP contribution is 2.22. The fraction of sp³-hybridized carbons (Fsp3) is 0.250. The van der Waals surface area contributed by atoms with E-state index in [1.165, 1.54) is 4.90 Å². The number of nitrogens with one attached hydrogen (secondary N) is 2. The Labute approximate surface area is 220 Å². The first-order valence-corrected chi connectivity index (χ1v) is 12.2. The summed E-state index contributed by atoms with van der Waals surface area (Å²) in [7, 11) is 1.91. The first kappa shape index (κ1) is 26.3. The van der Waals surface area contributed by atoms with Crippen LogP contribution in [0.3, 0.4) is 0 Å². The van der Waals surface area contributed by atoms with E-state index in [4.69, 9.17) is 15.1 Å². The standard InChI is InChI=1S/C28H30N6O4/c1-4-38-26(29)19-8-11-21(12-9-19)31-16-25-32-22-15-20(10-13-23(22)33(25)3)27(35)34(17-18(2)28(36)37)24-7-5-6-14-30-24/h5-15,18,29,31H,4,16-17H2,1-3H3,(H,36,37). The summed E-state index contributed by atoms with van der Waals surface area (Å²) in [4.78, 5) is 35.4. The Balaban J connectivity index is 1.54. The molecule has 2 aromatic heterocycles. The molecule has 2 aromatic carbocycles. The smallest absolute Gasteiger partial charge is 0.308 e. The molecule has 0 aliphatic carbocycles. The third-order valence-corrected chi connectivity index (χ3v) is 6.16. The predicted octanol–water partition coefficient (Wildman–Crippen LogP) is 4.31. The minimum Gasteiger partial charge on any atom is -0.481 e. The Hall–Kier alpha value is -4.73. The average Bonchev–Trinajstić information content (AvgIpc) is 3.25. The van der Waals surface area contributed by atoms with Crippen LogP contribution in [-0.4, -0.2) is 50.6 Å². The molecule has 10 heteroatoms. The number of aryl methyl sites for hydroxylation is 1. The number of aliphatic carboxylic acids is 1. The van der Waals surface area contributed by atoms with Crippen LogP contribution in [0.4, 0.5) is 11.5 Å². The number of hydrogen-bond donors (Lipinski definition) is 3. The number of carbonyl (C=O) groups is 2. The van der Waals surface area contributed by atoms with E-state index in [-0.39, 0.29) is 18.3 Å². The fourth-order valence-corrected chi connectivity index (χ4v) is 3.99. The molecule has 3 N–H and O–H groups in total. The first-order chi connectivity index (χ1) is 18.3. The van der Waals surface area contributed by atoms with Crippen molar-refractivity contribution in [3.63, 3.8) is 0 Å². The molecule has 38 heavy (non-hydrogen) atoms. The maximum absolute atomic E-state index is 13.5. The van der Waals surface area contributed by atoms with E-state index in [0.717, 1.165) is 17.0 Å². The minimum atomic E-state index is -0.988. The second-order valence-electron chi connectivity index (χ2n) is 8.83. The molecule has 0 aliphatic heterocycles. The van der Waals surface area contributed by atoms with Gasteiger partial charge in [-0.05, 0) is 61.5 Å². The van der Waals surface area contributed by atoms with Gasteiger partial charge in [0.05, 0.1) is 30.1 Å². The molecule has 4 rings (SSSR count). The van der Waals surface area contributed by atoms with Gasteiger partial charge in [0.25, 0.3) is 5.91 Å². The Morgan fingerprint density at radius 1 is 1.13 bits per heavy atom. The Kier molecular flexibility index (Phi) is 8.00. The molecule has 10 nitrogen and oxygen atoms in total. The summed E-state index contributed by atoms with van der Waals surface area (Å²) in [6.45, 7) is 4.29. The van der Waals surface area contributed by atoms with Crippen LogP contribution < -0.4 is 10.2 Å². The van der Waals surface area contributed by atoms with Gasteiger partial charge in [-0.1, -0.05) is 13.0 Å². The van der Waals surface area contributed by atoms with E-state index in [0.29, 0.717) is 35.6 Å². The topological polar surface area (TPSA) is 133 Å². The van der Waals surface area contributed by atoms with Crippen molar-refractivity contribution in [3.8, 4) is 0 Å². The number of benzene rings is 2. The van der Waals surface area contributed by atoms with Gasteiger partial charge in [-0.25, -0.2) is 9.97 Å². The van der Waals surface area contributed by atoms with E-state index >= 15 is 0 Å². The number of imidazole rings is 1. The molecule has 1 amide bonds. The van der Waals surface area contributed by atoms with Gasteiger partial charge < -0.3 is 19.7 Å². The monoisotopic (exact) mass is 514 g/mol. The van der Waals surface area contributed by atoms with Crippen molar-refractivity contribution in [3.05, 3.63) is 83.8 Å². The number of pyridine rings is 1. The second kappa shape index (κ2) is 11.5. The molecule has 1 unspecified atom stereocenters. The zero-order valence-corrected chi connectivity index (χ0v) is 21.5. The van der Waals surface area contributed by atoms with E-state index < -0.39 is 11.9 Å². The van der Waals surface area contributed by atoms with Crippen LogP contribution in [0.5, 0.6) is 0 Å². The molecule has 0 saturated heterocycles. The number of ether oxygens (including phenoxy) is 1.